The highest BCUT2D eigenvalue weighted by molar-refractivity contribution is 5.54. The number of nitrogens with zero attached hydrogens (tertiary/aromatic N) is 2. The zero-order valence-electron chi connectivity index (χ0n) is 21.7. The van der Waals surface area contributed by atoms with Crippen LogP contribution in [0.15, 0.2) is 24.3 Å². The molecule has 0 aromatic heterocycles. The molecule has 30 heavy (non-hydrogen) atoms. The highest BCUT2D eigenvalue weighted by Gasteiger charge is 2.26. The summed E-state index contributed by atoms with van der Waals surface area (Å²) in [6, 6.07) is 9.15. The fraction of sp³-hybridized carbons (Fsp3) is 0.786. The van der Waals surface area contributed by atoms with Crippen LogP contribution in [0.2, 0.25) is 0 Å². The number of hydrogen-bond donors (Lipinski definition) is 0. The molecular formula is C28H52N2. The molecule has 1 saturated heterocycles. The highest BCUT2D eigenvalue weighted by atomic mass is 15.3. The molecule has 1 fully saturated rings. The molecule has 2 nitrogen and oxygen atoms in total. The fourth-order valence-corrected chi connectivity index (χ4v) is 5.00. The van der Waals surface area contributed by atoms with Gasteiger partial charge in [-0.1, -0.05) is 92.9 Å². The molecule has 0 spiro atoms. The van der Waals surface area contributed by atoms with E-state index in [1.54, 1.807) is 5.56 Å². The summed E-state index contributed by atoms with van der Waals surface area (Å²) in [5.74, 6) is 0. The summed E-state index contributed by atoms with van der Waals surface area (Å²) in [6.45, 7) is 24.4. The van der Waals surface area contributed by atoms with Crippen LogP contribution in [0.3, 0.4) is 0 Å². The minimum absolute atomic E-state index is 0.391. The minimum atomic E-state index is 0.391. The first-order valence-corrected chi connectivity index (χ1v) is 12.8. The van der Waals surface area contributed by atoms with E-state index in [2.05, 4.69) is 75.6 Å². The van der Waals surface area contributed by atoms with Crippen LogP contribution in [-0.4, -0.2) is 37.6 Å². The molecule has 0 amide bonds. The van der Waals surface area contributed by atoms with Crippen molar-refractivity contribution in [2.75, 3.05) is 37.6 Å². The average molecular weight is 417 g/mol. The summed E-state index contributed by atoms with van der Waals surface area (Å²) in [4.78, 5) is 5.30. The summed E-state index contributed by atoms with van der Waals surface area (Å²) < 4.78 is 0. The van der Waals surface area contributed by atoms with Crippen molar-refractivity contribution < 1.29 is 0 Å². The number of unbranched alkanes of at least 4 members (excludes halogenated alkanes) is 3. The van der Waals surface area contributed by atoms with Crippen LogP contribution in [0, 0.1) is 10.8 Å². The molecule has 0 radical (unpaired) electrons. The molecule has 0 atom stereocenters. The predicted octanol–water partition coefficient (Wildman–Crippen LogP) is 7.81. The van der Waals surface area contributed by atoms with Crippen molar-refractivity contribution in [3.05, 3.63) is 29.8 Å². The Morgan fingerprint density at radius 1 is 0.833 bits per heavy atom. The largest absolute Gasteiger partial charge is 0.369 e. The summed E-state index contributed by atoms with van der Waals surface area (Å²) >= 11 is 0. The van der Waals surface area contributed by atoms with Crippen LogP contribution in [0.1, 0.15) is 99.5 Å². The second-order valence-corrected chi connectivity index (χ2v) is 10.9. The van der Waals surface area contributed by atoms with Crippen LogP contribution in [0.5, 0.6) is 0 Å². The molecule has 1 aliphatic heterocycles. The molecule has 1 aromatic carbocycles. The Hall–Kier alpha value is -1.02. The van der Waals surface area contributed by atoms with Crippen LogP contribution in [0.25, 0.3) is 0 Å². The third kappa shape index (κ3) is 10.3. The molecule has 0 N–H and O–H groups in total. The zero-order valence-corrected chi connectivity index (χ0v) is 21.7. The monoisotopic (exact) mass is 416 g/mol. The van der Waals surface area contributed by atoms with Gasteiger partial charge in [-0.25, -0.2) is 0 Å². The van der Waals surface area contributed by atoms with E-state index in [1.165, 1.54) is 83.4 Å². The third-order valence-corrected chi connectivity index (χ3v) is 6.11. The summed E-state index contributed by atoms with van der Waals surface area (Å²) in [5.41, 5.74) is 3.82. The lowest BCUT2D eigenvalue weighted by Gasteiger charge is -2.37. The lowest BCUT2D eigenvalue weighted by molar-refractivity contribution is 0.199. The van der Waals surface area contributed by atoms with Gasteiger partial charge in [-0.15, -0.1) is 0 Å². The molecule has 0 aliphatic carbocycles. The maximum absolute atomic E-state index is 2.67. The van der Waals surface area contributed by atoms with Gasteiger partial charge in [-0.05, 0) is 54.7 Å². The predicted molar refractivity (Wildman–Crippen MR) is 137 cm³/mol. The molecule has 0 unspecified atom stereocenters. The van der Waals surface area contributed by atoms with Crippen LogP contribution >= 0.6 is 0 Å². The second-order valence-electron chi connectivity index (χ2n) is 10.9. The van der Waals surface area contributed by atoms with E-state index in [4.69, 9.17) is 0 Å². The normalized spacial score (nSPS) is 15.7. The fourth-order valence-electron chi connectivity index (χ4n) is 5.00. The number of para-hydroxylation sites is 1. The first-order valence-electron chi connectivity index (χ1n) is 12.8. The van der Waals surface area contributed by atoms with Crippen molar-refractivity contribution in [3.8, 4) is 0 Å². The molecule has 1 heterocycles. The van der Waals surface area contributed by atoms with Crippen LogP contribution < -0.4 is 4.90 Å². The number of benzene rings is 1. The molecule has 2 heteroatoms. The highest BCUT2D eigenvalue weighted by Crippen LogP contribution is 2.37. The quantitative estimate of drug-likeness (QED) is 0.359. The maximum atomic E-state index is 2.67. The van der Waals surface area contributed by atoms with Crippen molar-refractivity contribution in [1.29, 1.82) is 0 Å². The molecule has 174 valence electrons. The molecule has 1 aromatic rings. The van der Waals surface area contributed by atoms with Gasteiger partial charge in [-0.2, -0.15) is 0 Å². The summed E-state index contributed by atoms with van der Waals surface area (Å²) in [7, 11) is 0. The Morgan fingerprint density at radius 3 is 2.07 bits per heavy atom. The van der Waals surface area contributed by atoms with Crippen molar-refractivity contribution in [1.82, 2.24) is 4.90 Å². The SMILES string of the molecule is CC.CCCCCCN1CCN(c2ccccc2CCC(C)(C)CC(C)(C)C)CC1. The van der Waals surface area contributed by atoms with Crippen molar-refractivity contribution in [2.24, 2.45) is 10.8 Å². The van der Waals surface area contributed by atoms with E-state index in [9.17, 15) is 0 Å². The van der Waals surface area contributed by atoms with E-state index in [0.717, 1.165) is 0 Å². The average Bonchev–Trinajstić information content (AvgIpc) is 2.70. The van der Waals surface area contributed by atoms with Crippen LogP contribution in [0.4, 0.5) is 5.69 Å². The number of hydrogen-bond acceptors (Lipinski definition) is 2. The lowest BCUT2D eigenvalue weighted by Crippen LogP contribution is -2.46. The van der Waals surface area contributed by atoms with Crippen LogP contribution in [-0.2, 0) is 6.42 Å². The Morgan fingerprint density at radius 2 is 1.47 bits per heavy atom. The molecular weight excluding hydrogens is 364 g/mol. The third-order valence-electron chi connectivity index (χ3n) is 6.11. The minimum Gasteiger partial charge on any atom is -0.369 e. The van der Waals surface area contributed by atoms with Crippen molar-refractivity contribution >= 4 is 5.69 Å². The van der Waals surface area contributed by atoms with Gasteiger partial charge in [-0.3, -0.25) is 4.90 Å². The van der Waals surface area contributed by atoms with Gasteiger partial charge in [0.2, 0.25) is 0 Å². The lowest BCUT2D eigenvalue weighted by atomic mass is 9.73. The smallest absolute Gasteiger partial charge is 0.0399 e. The molecule has 0 bridgehead atoms. The van der Waals surface area contributed by atoms with Gasteiger partial charge in [0, 0.05) is 31.9 Å². The Balaban J connectivity index is 0.00000218. The van der Waals surface area contributed by atoms with E-state index in [1.807, 2.05) is 13.8 Å². The van der Waals surface area contributed by atoms with Gasteiger partial charge in [0.1, 0.15) is 0 Å². The second kappa shape index (κ2) is 13.4. The first-order chi connectivity index (χ1) is 14.2. The Bertz CT molecular complexity index is 562. The van der Waals surface area contributed by atoms with E-state index in [0.29, 0.717) is 10.8 Å². The summed E-state index contributed by atoms with van der Waals surface area (Å²) in [6.07, 6.45) is 9.21. The first kappa shape index (κ1) is 27.0. The molecule has 0 saturated carbocycles. The van der Waals surface area contributed by atoms with Gasteiger partial charge < -0.3 is 4.90 Å². The Kier molecular flexibility index (Phi) is 12.1. The van der Waals surface area contributed by atoms with E-state index >= 15 is 0 Å². The number of aryl methyl sites for hydroxylation is 1. The van der Waals surface area contributed by atoms with Gasteiger partial charge in [0.25, 0.3) is 0 Å². The standard InChI is InChI=1S/C26H46N2.C2H6/c1-7-8-9-12-17-27-18-20-28(21-19-27)24-14-11-10-13-23(24)15-16-26(5,6)22-25(2,3)4;1-2/h10-11,13-14H,7-9,12,15-22H2,1-6H3;1-2H3. The van der Waals surface area contributed by atoms with Gasteiger partial charge >= 0.3 is 0 Å². The maximum Gasteiger partial charge on any atom is 0.0399 e. The number of anilines is 1. The number of piperazine rings is 1. The summed E-state index contributed by atoms with van der Waals surface area (Å²) in [5, 5.41) is 0. The van der Waals surface area contributed by atoms with Crippen molar-refractivity contribution in [2.45, 2.75) is 100 Å². The molecule has 1 aliphatic rings. The van der Waals surface area contributed by atoms with Gasteiger partial charge in [0.15, 0.2) is 0 Å². The van der Waals surface area contributed by atoms with Gasteiger partial charge in [0.05, 0.1) is 0 Å². The topological polar surface area (TPSA) is 6.48 Å². The Labute approximate surface area is 189 Å². The van der Waals surface area contributed by atoms with E-state index < -0.39 is 0 Å². The van der Waals surface area contributed by atoms with Crippen molar-refractivity contribution in [3.63, 3.8) is 0 Å². The number of rotatable bonds is 10. The zero-order chi connectivity index (χ0) is 22.6. The van der Waals surface area contributed by atoms with E-state index in [-0.39, 0.29) is 0 Å². The molecule has 2 rings (SSSR count).